The Hall–Kier alpha value is -2.26. The molecule has 1 atom stereocenters. The molecule has 1 unspecified atom stereocenters. The second kappa shape index (κ2) is 5.16. The van der Waals surface area contributed by atoms with Gasteiger partial charge in [-0.3, -0.25) is 9.97 Å². The molecule has 2 aromatic heterocycles. The van der Waals surface area contributed by atoms with E-state index in [0.29, 0.717) is 0 Å². The number of para-hydroxylation sites is 1. The summed E-state index contributed by atoms with van der Waals surface area (Å²) in [6.07, 6.45) is 6.26. The van der Waals surface area contributed by atoms with Gasteiger partial charge in [0.15, 0.2) is 0 Å². The van der Waals surface area contributed by atoms with Crippen LogP contribution in [-0.4, -0.2) is 9.97 Å². The minimum absolute atomic E-state index is 0.0543. The Morgan fingerprint density at radius 3 is 2.79 bits per heavy atom. The van der Waals surface area contributed by atoms with Crippen LogP contribution in [0.3, 0.4) is 0 Å². The first-order chi connectivity index (χ1) is 9.33. The molecule has 3 rings (SSSR count). The summed E-state index contributed by atoms with van der Waals surface area (Å²) in [5.41, 5.74) is 9.45. The standard InChI is InChI=1S/C16H15N3/c17-15(8-12-4-3-7-18-10-12)14-9-13-5-1-2-6-16(13)19-11-14/h1-7,9-11,15H,8,17H2. The van der Waals surface area contributed by atoms with Crippen LogP contribution in [0.1, 0.15) is 17.2 Å². The van der Waals surface area contributed by atoms with Crippen molar-refractivity contribution >= 4 is 10.9 Å². The number of aromatic nitrogens is 2. The molecular weight excluding hydrogens is 234 g/mol. The van der Waals surface area contributed by atoms with Gasteiger partial charge in [-0.25, -0.2) is 0 Å². The predicted octanol–water partition coefficient (Wildman–Crippen LogP) is 2.87. The highest BCUT2D eigenvalue weighted by Crippen LogP contribution is 2.19. The van der Waals surface area contributed by atoms with E-state index in [9.17, 15) is 0 Å². The molecule has 94 valence electrons. The van der Waals surface area contributed by atoms with Gasteiger partial charge in [0.05, 0.1) is 5.52 Å². The van der Waals surface area contributed by atoms with Crippen LogP contribution >= 0.6 is 0 Å². The third kappa shape index (κ3) is 2.61. The molecule has 0 aliphatic rings. The molecule has 0 saturated carbocycles. The molecule has 0 radical (unpaired) electrons. The summed E-state index contributed by atoms with van der Waals surface area (Å²) in [5, 5.41) is 1.13. The van der Waals surface area contributed by atoms with Gasteiger partial charge in [0.25, 0.3) is 0 Å². The lowest BCUT2D eigenvalue weighted by Gasteiger charge is -2.12. The van der Waals surface area contributed by atoms with E-state index in [4.69, 9.17) is 5.73 Å². The zero-order chi connectivity index (χ0) is 13.1. The maximum atomic E-state index is 6.25. The van der Waals surface area contributed by atoms with E-state index in [1.54, 1.807) is 6.20 Å². The summed E-state index contributed by atoms with van der Waals surface area (Å²) in [7, 11) is 0. The van der Waals surface area contributed by atoms with Crippen molar-refractivity contribution in [1.29, 1.82) is 0 Å². The molecule has 2 heterocycles. The monoisotopic (exact) mass is 249 g/mol. The van der Waals surface area contributed by atoms with Gasteiger partial charge >= 0.3 is 0 Å². The van der Waals surface area contributed by atoms with Gasteiger partial charge in [-0.2, -0.15) is 0 Å². The third-order valence-electron chi connectivity index (χ3n) is 3.22. The molecule has 3 aromatic rings. The van der Waals surface area contributed by atoms with Crippen LogP contribution < -0.4 is 5.73 Å². The molecule has 0 aliphatic carbocycles. The van der Waals surface area contributed by atoms with Crippen molar-refractivity contribution < 1.29 is 0 Å². The molecule has 0 spiro atoms. The number of benzene rings is 1. The first-order valence-electron chi connectivity index (χ1n) is 6.32. The topological polar surface area (TPSA) is 51.8 Å². The van der Waals surface area contributed by atoms with Gasteiger partial charge in [-0.05, 0) is 35.7 Å². The first kappa shape index (κ1) is 11.8. The number of hydrogen-bond acceptors (Lipinski definition) is 3. The first-order valence-corrected chi connectivity index (χ1v) is 6.32. The number of rotatable bonds is 3. The number of hydrogen-bond donors (Lipinski definition) is 1. The Morgan fingerprint density at radius 1 is 1.05 bits per heavy atom. The third-order valence-corrected chi connectivity index (χ3v) is 3.22. The Bertz CT molecular complexity index is 680. The zero-order valence-electron chi connectivity index (χ0n) is 10.5. The average molecular weight is 249 g/mol. The highest BCUT2D eigenvalue weighted by atomic mass is 14.7. The van der Waals surface area contributed by atoms with Gasteiger partial charge in [0.1, 0.15) is 0 Å². The summed E-state index contributed by atoms with van der Waals surface area (Å²) in [6, 6.07) is 14.1. The fourth-order valence-corrected chi connectivity index (χ4v) is 2.18. The Balaban J connectivity index is 1.87. The molecule has 0 bridgehead atoms. The smallest absolute Gasteiger partial charge is 0.0702 e. The number of nitrogens with zero attached hydrogens (tertiary/aromatic N) is 2. The lowest BCUT2D eigenvalue weighted by molar-refractivity contribution is 0.717. The molecule has 0 amide bonds. The van der Waals surface area contributed by atoms with E-state index in [-0.39, 0.29) is 6.04 Å². The van der Waals surface area contributed by atoms with E-state index in [0.717, 1.165) is 28.5 Å². The summed E-state index contributed by atoms with van der Waals surface area (Å²) in [6.45, 7) is 0. The fourth-order valence-electron chi connectivity index (χ4n) is 2.18. The maximum Gasteiger partial charge on any atom is 0.0702 e. The summed E-state index contributed by atoms with van der Waals surface area (Å²) in [4.78, 5) is 8.56. The molecule has 3 heteroatoms. The fraction of sp³-hybridized carbons (Fsp3) is 0.125. The summed E-state index contributed by atoms with van der Waals surface area (Å²) >= 11 is 0. The van der Waals surface area contributed by atoms with Crippen LogP contribution in [0.4, 0.5) is 0 Å². The van der Waals surface area contributed by atoms with Crippen LogP contribution in [0, 0.1) is 0 Å². The van der Waals surface area contributed by atoms with Crippen LogP contribution in [0.2, 0.25) is 0 Å². The minimum atomic E-state index is -0.0543. The van der Waals surface area contributed by atoms with E-state index >= 15 is 0 Å². The minimum Gasteiger partial charge on any atom is -0.324 e. The SMILES string of the molecule is NC(Cc1cccnc1)c1cnc2ccccc2c1. The largest absolute Gasteiger partial charge is 0.324 e. The lowest BCUT2D eigenvalue weighted by atomic mass is 10.0. The van der Waals surface area contributed by atoms with E-state index in [1.165, 1.54) is 0 Å². The molecule has 0 aliphatic heterocycles. The van der Waals surface area contributed by atoms with Crippen molar-refractivity contribution in [3.8, 4) is 0 Å². The van der Waals surface area contributed by atoms with Crippen molar-refractivity contribution in [3.63, 3.8) is 0 Å². The number of fused-ring (bicyclic) bond motifs is 1. The van der Waals surface area contributed by atoms with Crippen molar-refractivity contribution in [2.24, 2.45) is 5.73 Å². The Morgan fingerprint density at radius 2 is 1.95 bits per heavy atom. The molecule has 0 fully saturated rings. The van der Waals surface area contributed by atoms with Gasteiger partial charge in [0.2, 0.25) is 0 Å². The molecule has 19 heavy (non-hydrogen) atoms. The van der Waals surface area contributed by atoms with Gasteiger partial charge < -0.3 is 5.73 Å². The highest BCUT2D eigenvalue weighted by molar-refractivity contribution is 5.78. The van der Waals surface area contributed by atoms with Crippen molar-refractivity contribution in [2.75, 3.05) is 0 Å². The van der Waals surface area contributed by atoms with Crippen molar-refractivity contribution in [3.05, 3.63) is 72.2 Å². The molecule has 2 N–H and O–H groups in total. The normalized spacial score (nSPS) is 12.5. The molecule has 3 nitrogen and oxygen atoms in total. The second-order valence-electron chi connectivity index (χ2n) is 4.63. The van der Waals surface area contributed by atoms with Crippen LogP contribution in [0.25, 0.3) is 10.9 Å². The van der Waals surface area contributed by atoms with Crippen LogP contribution in [0.15, 0.2) is 61.1 Å². The highest BCUT2D eigenvalue weighted by Gasteiger charge is 2.08. The van der Waals surface area contributed by atoms with E-state index in [2.05, 4.69) is 22.1 Å². The Labute approximate surface area is 112 Å². The Kier molecular flexibility index (Phi) is 3.21. The lowest BCUT2D eigenvalue weighted by Crippen LogP contribution is -2.13. The van der Waals surface area contributed by atoms with Gasteiger partial charge in [0, 0.05) is 30.0 Å². The predicted molar refractivity (Wildman–Crippen MR) is 76.6 cm³/mol. The van der Waals surface area contributed by atoms with Crippen LogP contribution in [0.5, 0.6) is 0 Å². The van der Waals surface area contributed by atoms with Crippen LogP contribution in [-0.2, 0) is 6.42 Å². The molecule has 0 saturated heterocycles. The number of pyridine rings is 2. The van der Waals surface area contributed by atoms with E-state index < -0.39 is 0 Å². The summed E-state index contributed by atoms with van der Waals surface area (Å²) in [5.74, 6) is 0. The quantitative estimate of drug-likeness (QED) is 0.776. The maximum absolute atomic E-state index is 6.25. The summed E-state index contributed by atoms with van der Waals surface area (Å²) < 4.78 is 0. The van der Waals surface area contributed by atoms with Gasteiger partial charge in [-0.1, -0.05) is 24.3 Å². The second-order valence-corrected chi connectivity index (χ2v) is 4.63. The zero-order valence-corrected chi connectivity index (χ0v) is 10.5. The number of nitrogens with two attached hydrogens (primary N) is 1. The van der Waals surface area contributed by atoms with Gasteiger partial charge in [-0.15, -0.1) is 0 Å². The average Bonchev–Trinajstić information content (AvgIpc) is 2.48. The van der Waals surface area contributed by atoms with Crippen molar-refractivity contribution in [2.45, 2.75) is 12.5 Å². The molecule has 1 aromatic carbocycles. The van der Waals surface area contributed by atoms with Crippen molar-refractivity contribution in [1.82, 2.24) is 9.97 Å². The molecular formula is C16H15N3. The van der Waals surface area contributed by atoms with E-state index in [1.807, 2.05) is 42.7 Å².